The van der Waals surface area contributed by atoms with Gasteiger partial charge in [-0.1, -0.05) is 18.2 Å². The van der Waals surface area contributed by atoms with E-state index in [4.69, 9.17) is 4.18 Å². The van der Waals surface area contributed by atoms with E-state index in [1.807, 2.05) is 0 Å². The van der Waals surface area contributed by atoms with Crippen LogP contribution in [0.2, 0.25) is 0 Å². The number of benzene rings is 2. The first kappa shape index (κ1) is 20.5. The van der Waals surface area contributed by atoms with Crippen LogP contribution in [-0.4, -0.2) is 31.0 Å². The Labute approximate surface area is 166 Å². The van der Waals surface area contributed by atoms with Gasteiger partial charge >= 0.3 is 16.1 Å². The minimum absolute atomic E-state index is 0.174. The SMILES string of the molecule is O=C1CCCCC1=NNc1c(F)ccc(C(=O)O)c1OS(=O)(=O)c1ccccc1. The molecule has 0 radical (unpaired) electrons. The lowest BCUT2D eigenvalue weighted by Crippen LogP contribution is -2.20. The highest BCUT2D eigenvalue weighted by atomic mass is 32.2. The summed E-state index contributed by atoms with van der Waals surface area (Å²) in [5, 5.41) is 13.3. The van der Waals surface area contributed by atoms with Crippen molar-refractivity contribution in [3.05, 3.63) is 53.8 Å². The van der Waals surface area contributed by atoms with E-state index in [2.05, 4.69) is 10.5 Å². The molecule has 0 heterocycles. The molecule has 1 aliphatic rings. The molecular formula is C19H17FN2O6S. The lowest BCUT2D eigenvalue weighted by Gasteiger charge is -2.16. The summed E-state index contributed by atoms with van der Waals surface area (Å²) >= 11 is 0. The topological polar surface area (TPSA) is 122 Å². The van der Waals surface area contributed by atoms with Crippen LogP contribution in [0.1, 0.15) is 36.0 Å². The zero-order valence-corrected chi connectivity index (χ0v) is 15.9. The number of anilines is 1. The number of halogens is 1. The number of nitrogens with one attached hydrogen (secondary N) is 1. The summed E-state index contributed by atoms with van der Waals surface area (Å²) in [7, 11) is -4.45. The minimum atomic E-state index is -4.45. The number of rotatable bonds is 6. The fourth-order valence-corrected chi connectivity index (χ4v) is 3.75. The maximum atomic E-state index is 14.4. The van der Waals surface area contributed by atoms with E-state index in [9.17, 15) is 27.5 Å². The summed E-state index contributed by atoms with van der Waals surface area (Å²) in [5.41, 5.74) is 1.30. The van der Waals surface area contributed by atoms with Gasteiger partial charge in [0.2, 0.25) is 0 Å². The average Bonchev–Trinajstić information content (AvgIpc) is 2.69. The summed E-state index contributed by atoms with van der Waals surface area (Å²) in [5.74, 6) is -3.47. The van der Waals surface area contributed by atoms with Crippen LogP contribution in [0.5, 0.6) is 5.75 Å². The molecule has 2 aromatic carbocycles. The van der Waals surface area contributed by atoms with E-state index in [1.165, 1.54) is 24.3 Å². The summed E-state index contributed by atoms with van der Waals surface area (Å²) in [6, 6.07) is 8.74. The Hall–Kier alpha value is -3.27. The Balaban J connectivity index is 2.04. The molecular weight excluding hydrogens is 403 g/mol. The predicted molar refractivity (Wildman–Crippen MR) is 102 cm³/mol. The second kappa shape index (κ2) is 8.39. The van der Waals surface area contributed by atoms with Crippen molar-refractivity contribution in [3.8, 4) is 5.75 Å². The predicted octanol–water partition coefficient (Wildman–Crippen LogP) is 3.20. The van der Waals surface area contributed by atoms with E-state index in [0.29, 0.717) is 12.8 Å². The molecule has 0 bridgehead atoms. The van der Waals surface area contributed by atoms with E-state index in [1.54, 1.807) is 6.07 Å². The molecule has 8 nitrogen and oxygen atoms in total. The summed E-state index contributed by atoms with van der Waals surface area (Å²) < 4.78 is 44.5. The highest BCUT2D eigenvalue weighted by Gasteiger charge is 2.26. The molecule has 0 spiro atoms. The van der Waals surface area contributed by atoms with Crippen molar-refractivity contribution in [1.29, 1.82) is 0 Å². The van der Waals surface area contributed by atoms with Gasteiger partial charge in [0.15, 0.2) is 17.3 Å². The van der Waals surface area contributed by atoms with Gasteiger partial charge in [-0.3, -0.25) is 10.2 Å². The van der Waals surface area contributed by atoms with E-state index >= 15 is 0 Å². The first-order valence-electron chi connectivity index (χ1n) is 8.70. The molecule has 0 unspecified atom stereocenters. The quantitative estimate of drug-likeness (QED) is 0.543. The Bertz CT molecular complexity index is 1080. The largest absolute Gasteiger partial charge is 0.478 e. The molecule has 0 aliphatic heterocycles. The van der Waals surface area contributed by atoms with Crippen molar-refractivity contribution in [2.24, 2.45) is 5.10 Å². The molecule has 152 valence electrons. The van der Waals surface area contributed by atoms with Crippen LogP contribution in [0, 0.1) is 5.82 Å². The van der Waals surface area contributed by atoms with Gasteiger partial charge in [0.05, 0.1) is 0 Å². The van der Waals surface area contributed by atoms with Crippen LogP contribution in [0.4, 0.5) is 10.1 Å². The number of nitrogens with zero attached hydrogens (tertiary/aromatic N) is 1. The monoisotopic (exact) mass is 420 g/mol. The molecule has 3 rings (SSSR count). The Kier molecular flexibility index (Phi) is 5.92. The second-order valence-corrected chi connectivity index (χ2v) is 7.80. The third-order valence-electron chi connectivity index (χ3n) is 4.25. The number of hydrogen-bond donors (Lipinski definition) is 2. The number of carbonyl (C=O) groups is 2. The summed E-state index contributed by atoms with van der Waals surface area (Å²) in [6.45, 7) is 0. The molecule has 1 aliphatic carbocycles. The lowest BCUT2D eigenvalue weighted by molar-refractivity contribution is -0.113. The summed E-state index contributed by atoms with van der Waals surface area (Å²) in [6.07, 6.45) is 2.15. The first-order chi connectivity index (χ1) is 13.8. The van der Waals surface area contributed by atoms with Crippen molar-refractivity contribution in [1.82, 2.24) is 0 Å². The van der Waals surface area contributed by atoms with Crippen LogP contribution in [0.3, 0.4) is 0 Å². The lowest BCUT2D eigenvalue weighted by atomic mass is 9.97. The molecule has 10 heteroatoms. The maximum absolute atomic E-state index is 14.4. The smallest absolute Gasteiger partial charge is 0.339 e. The van der Waals surface area contributed by atoms with Crippen molar-refractivity contribution in [2.75, 3.05) is 5.43 Å². The Morgan fingerprint density at radius 3 is 2.45 bits per heavy atom. The molecule has 0 amide bonds. The van der Waals surface area contributed by atoms with Gasteiger partial charge in [0.25, 0.3) is 0 Å². The van der Waals surface area contributed by atoms with Crippen LogP contribution in [0.15, 0.2) is 52.5 Å². The van der Waals surface area contributed by atoms with Gasteiger partial charge in [0.1, 0.15) is 21.9 Å². The number of hydrazone groups is 1. The minimum Gasteiger partial charge on any atom is -0.478 e. The third-order valence-corrected chi connectivity index (χ3v) is 5.49. The van der Waals surface area contributed by atoms with Crippen molar-refractivity contribution in [2.45, 2.75) is 30.6 Å². The molecule has 0 aromatic heterocycles. The third kappa shape index (κ3) is 4.60. The number of carboxylic acid groups (broad SMARTS) is 1. The number of ketones is 1. The Morgan fingerprint density at radius 2 is 1.79 bits per heavy atom. The zero-order chi connectivity index (χ0) is 21.0. The number of carbonyl (C=O) groups excluding carboxylic acids is 1. The molecule has 1 saturated carbocycles. The van der Waals surface area contributed by atoms with Crippen LogP contribution < -0.4 is 9.61 Å². The van der Waals surface area contributed by atoms with Crippen LogP contribution >= 0.6 is 0 Å². The van der Waals surface area contributed by atoms with E-state index in [-0.39, 0.29) is 16.4 Å². The zero-order valence-electron chi connectivity index (χ0n) is 15.1. The fraction of sp³-hybridized carbons (Fsp3) is 0.211. The molecule has 0 atom stereocenters. The fourth-order valence-electron chi connectivity index (χ4n) is 2.77. The highest BCUT2D eigenvalue weighted by Crippen LogP contribution is 2.34. The second-order valence-electron chi connectivity index (χ2n) is 6.26. The van der Waals surface area contributed by atoms with Gasteiger partial charge in [-0.25, -0.2) is 9.18 Å². The standard InChI is InChI=1S/C19H17FN2O6S/c20-14-11-10-13(19(24)25)18(28-29(26,27)12-6-2-1-3-7-12)17(14)22-21-15-8-4-5-9-16(15)23/h1-3,6-7,10-11,22H,4-5,8-9H2,(H,24,25). The average molecular weight is 420 g/mol. The maximum Gasteiger partial charge on any atom is 0.339 e. The van der Waals surface area contributed by atoms with Gasteiger partial charge in [-0.05, 0) is 43.5 Å². The molecule has 0 saturated heterocycles. The van der Waals surface area contributed by atoms with E-state index < -0.39 is 38.9 Å². The Morgan fingerprint density at radius 1 is 1.10 bits per heavy atom. The molecule has 1 fully saturated rings. The van der Waals surface area contributed by atoms with Crippen molar-refractivity contribution < 1.29 is 31.7 Å². The summed E-state index contributed by atoms with van der Waals surface area (Å²) in [4.78, 5) is 23.2. The number of aromatic carboxylic acids is 1. The van der Waals surface area contributed by atoms with Crippen molar-refractivity contribution >= 4 is 33.3 Å². The van der Waals surface area contributed by atoms with Crippen molar-refractivity contribution in [3.63, 3.8) is 0 Å². The van der Waals surface area contributed by atoms with Gasteiger partial charge in [0, 0.05) is 6.42 Å². The molecule has 2 N–H and O–H groups in total. The molecule has 29 heavy (non-hydrogen) atoms. The number of hydrogen-bond acceptors (Lipinski definition) is 7. The highest BCUT2D eigenvalue weighted by molar-refractivity contribution is 7.87. The van der Waals surface area contributed by atoms with Gasteiger partial charge < -0.3 is 9.29 Å². The van der Waals surface area contributed by atoms with Crippen LogP contribution in [0.25, 0.3) is 0 Å². The molecule has 2 aromatic rings. The van der Waals surface area contributed by atoms with Gasteiger partial charge in [-0.2, -0.15) is 13.5 Å². The number of carboxylic acids is 1. The normalized spacial score (nSPS) is 15.9. The van der Waals surface area contributed by atoms with Crippen LogP contribution in [-0.2, 0) is 14.9 Å². The van der Waals surface area contributed by atoms with Gasteiger partial charge in [-0.15, -0.1) is 0 Å². The number of Topliss-reactive ketones (excluding diaryl/α,β-unsaturated/α-hetero) is 1. The van der Waals surface area contributed by atoms with E-state index in [0.717, 1.165) is 25.0 Å². The first-order valence-corrected chi connectivity index (χ1v) is 10.1.